The van der Waals surface area contributed by atoms with Crippen LogP contribution in [0.15, 0.2) is 48.5 Å². The van der Waals surface area contributed by atoms with Crippen molar-refractivity contribution >= 4 is 11.9 Å². The number of carboxylic acids is 2. The van der Waals surface area contributed by atoms with Crippen LogP contribution in [0.2, 0.25) is 0 Å². The van der Waals surface area contributed by atoms with Crippen LogP contribution in [0, 0.1) is 11.8 Å². The molecule has 0 saturated carbocycles. The maximum absolute atomic E-state index is 9.70. The van der Waals surface area contributed by atoms with Crippen molar-refractivity contribution in [2.75, 3.05) is 0 Å². The van der Waals surface area contributed by atoms with Crippen LogP contribution in [0.4, 0.5) is 0 Å². The SMILES string of the molecule is CC(C)C(=O)O.CC(C)C(=O)O.Oc1ccccc1-c1ccccc1O. The molecule has 0 aliphatic rings. The van der Waals surface area contributed by atoms with Crippen LogP contribution in [0.3, 0.4) is 0 Å². The molecule has 0 atom stereocenters. The zero-order valence-electron chi connectivity index (χ0n) is 15.4. The Hall–Kier alpha value is -3.02. The monoisotopic (exact) mass is 362 g/mol. The predicted octanol–water partition coefficient (Wildman–Crippen LogP) is 4.22. The van der Waals surface area contributed by atoms with Crippen LogP contribution >= 0.6 is 0 Å². The van der Waals surface area contributed by atoms with Gasteiger partial charge in [0.15, 0.2) is 0 Å². The van der Waals surface area contributed by atoms with Gasteiger partial charge in [-0.25, -0.2) is 0 Å². The van der Waals surface area contributed by atoms with Crippen LogP contribution in [0.1, 0.15) is 27.7 Å². The van der Waals surface area contributed by atoms with E-state index < -0.39 is 11.9 Å². The first-order chi connectivity index (χ1) is 12.1. The first-order valence-corrected chi connectivity index (χ1v) is 8.09. The molecule has 4 N–H and O–H groups in total. The van der Waals surface area contributed by atoms with Gasteiger partial charge in [-0.05, 0) is 12.1 Å². The second-order valence-corrected chi connectivity index (χ2v) is 6.02. The Morgan fingerprint density at radius 1 is 0.654 bits per heavy atom. The average Bonchev–Trinajstić information content (AvgIpc) is 2.57. The summed E-state index contributed by atoms with van der Waals surface area (Å²) in [7, 11) is 0. The minimum atomic E-state index is -0.741. The van der Waals surface area contributed by atoms with Crippen LogP contribution in [0.5, 0.6) is 11.5 Å². The molecule has 2 aromatic carbocycles. The van der Waals surface area contributed by atoms with Crippen LogP contribution in [-0.4, -0.2) is 32.4 Å². The third-order valence-electron chi connectivity index (χ3n) is 3.09. The summed E-state index contributed by atoms with van der Waals surface area (Å²) in [5.74, 6) is -1.59. The summed E-state index contributed by atoms with van der Waals surface area (Å²) >= 11 is 0. The molecule has 142 valence electrons. The van der Waals surface area contributed by atoms with E-state index in [9.17, 15) is 19.8 Å². The van der Waals surface area contributed by atoms with Gasteiger partial charge >= 0.3 is 11.9 Å². The minimum Gasteiger partial charge on any atom is -0.507 e. The Labute approximate surface area is 153 Å². The van der Waals surface area contributed by atoms with Crippen molar-refractivity contribution in [3.8, 4) is 22.6 Å². The van der Waals surface area contributed by atoms with Crippen molar-refractivity contribution < 1.29 is 30.0 Å². The lowest BCUT2D eigenvalue weighted by molar-refractivity contribution is -0.141. The topological polar surface area (TPSA) is 115 Å². The Bertz CT molecular complexity index is 645. The minimum absolute atomic E-state index is 0.175. The van der Waals surface area contributed by atoms with Crippen molar-refractivity contribution in [3.05, 3.63) is 48.5 Å². The maximum Gasteiger partial charge on any atom is 0.305 e. The lowest BCUT2D eigenvalue weighted by atomic mass is 10.0. The van der Waals surface area contributed by atoms with E-state index in [-0.39, 0.29) is 23.3 Å². The van der Waals surface area contributed by atoms with E-state index in [1.54, 1.807) is 64.1 Å². The summed E-state index contributed by atoms with van der Waals surface area (Å²) < 4.78 is 0. The van der Waals surface area contributed by atoms with Crippen molar-refractivity contribution in [1.82, 2.24) is 0 Å². The van der Waals surface area contributed by atoms with Gasteiger partial charge in [0, 0.05) is 11.1 Å². The van der Waals surface area contributed by atoms with Crippen molar-refractivity contribution in [3.63, 3.8) is 0 Å². The molecule has 0 amide bonds. The molecule has 0 fully saturated rings. The highest BCUT2D eigenvalue weighted by atomic mass is 16.4. The summed E-state index contributed by atoms with van der Waals surface area (Å²) in [6.07, 6.45) is 0. The van der Waals surface area contributed by atoms with Crippen LogP contribution in [0.25, 0.3) is 11.1 Å². The van der Waals surface area contributed by atoms with Gasteiger partial charge in [0.2, 0.25) is 0 Å². The second-order valence-electron chi connectivity index (χ2n) is 6.02. The summed E-state index contributed by atoms with van der Waals surface area (Å²) in [5.41, 5.74) is 1.29. The normalized spacial score (nSPS) is 9.62. The number of aromatic hydroxyl groups is 2. The van der Waals surface area contributed by atoms with Gasteiger partial charge < -0.3 is 20.4 Å². The standard InChI is InChI=1S/C12H10O2.2C4H8O2/c13-11-7-3-1-5-9(11)10-6-2-4-8-12(10)14;2*1-3(2)4(5)6/h1-8,13-14H;2*3H,1-2H3,(H,5,6). The molecule has 0 bridgehead atoms. The number of benzene rings is 2. The van der Waals surface area contributed by atoms with E-state index in [1.807, 2.05) is 12.1 Å². The smallest absolute Gasteiger partial charge is 0.305 e. The predicted molar refractivity (Wildman–Crippen MR) is 100 cm³/mol. The molecule has 0 aromatic heterocycles. The van der Waals surface area contributed by atoms with E-state index in [1.165, 1.54) is 0 Å². The second kappa shape index (κ2) is 11.5. The maximum atomic E-state index is 9.70. The molecule has 0 radical (unpaired) electrons. The number of hydrogen-bond acceptors (Lipinski definition) is 4. The Morgan fingerprint density at radius 3 is 1.08 bits per heavy atom. The van der Waals surface area contributed by atoms with Crippen molar-refractivity contribution in [2.24, 2.45) is 11.8 Å². The third-order valence-corrected chi connectivity index (χ3v) is 3.09. The zero-order chi connectivity index (χ0) is 20.3. The summed E-state index contributed by atoms with van der Waals surface area (Å²) in [6, 6.07) is 13.9. The molecular weight excluding hydrogens is 336 g/mol. The molecule has 0 spiro atoms. The third kappa shape index (κ3) is 8.73. The zero-order valence-corrected chi connectivity index (χ0v) is 15.4. The Balaban J connectivity index is 0.000000437. The summed E-state index contributed by atoms with van der Waals surface area (Å²) in [6.45, 7) is 6.56. The number of hydrogen-bond donors (Lipinski definition) is 4. The summed E-state index contributed by atoms with van der Waals surface area (Å²) in [4.78, 5) is 19.4. The van der Waals surface area contributed by atoms with E-state index in [2.05, 4.69) is 0 Å². The number of carbonyl (C=O) groups is 2. The van der Waals surface area contributed by atoms with Crippen LogP contribution in [-0.2, 0) is 9.59 Å². The first kappa shape index (κ1) is 23.0. The molecule has 2 aromatic rings. The van der Waals surface area contributed by atoms with Gasteiger partial charge in [-0.2, -0.15) is 0 Å². The fraction of sp³-hybridized carbons (Fsp3) is 0.300. The molecule has 2 rings (SSSR count). The van der Waals surface area contributed by atoms with E-state index in [0.29, 0.717) is 11.1 Å². The van der Waals surface area contributed by atoms with Gasteiger partial charge in [-0.1, -0.05) is 64.1 Å². The molecule has 0 saturated heterocycles. The average molecular weight is 362 g/mol. The lowest BCUT2D eigenvalue weighted by Crippen LogP contribution is -2.03. The number of para-hydroxylation sites is 2. The number of aliphatic carboxylic acids is 2. The van der Waals surface area contributed by atoms with Gasteiger partial charge in [-0.15, -0.1) is 0 Å². The molecule has 0 unspecified atom stereocenters. The van der Waals surface area contributed by atoms with E-state index >= 15 is 0 Å². The molecule has 6 heteroatoms. The van der Waals surface area contributed by atoms with Gasteiger partial charge in [0.05, 0.1) is 11.8 Å². The molecule has 0 aliphatic heterocycles. The highest BCUT2D eigenvalue weighted by molar-refractivity contribution is 5.74. The number of phenols is 2. The fourth-order valence-electron chi connectivity index (χ4n) is 1.40. The van der Waals surface area contributed by atoms with Gasteiger partial charge in [0.1, 0.15) is 11.5 Å². The van der Waals surface area contributed by atoms with E-state index in [0.717, 1.165) is 0 Å². The van der Waals surface area contributed by atoms with Crippen LogP contribution < -0.4 is 0 Å². The number of phenolic OH excluding ortho intramolecular Hbond substituents is 2. The lowest BCUT2D eigenvalue weighted by Gasteiger charge is -2.05. The summed E-state index contributed by atoms with van der Waals surface area (Å²) in [5, 5.41) is 35.1. The Kier molecular flexibility index (Phi) is 10.2. The highest BCUT2D eigenvalue weighted by Gasteiger charge is 2.06. The number of carboxylic acid groups (broad SMARTS) is 2. The van der Waals surface area contributed by atoms with E-state index in [4.69, 9.17) is 10.2 Å². The molecule has 0 heterocycles. The van der Waals surface area contributed by atoms with Crippen molar-refractivity contribution in [2.45, 2.75) is 27.7 Å². The highest BCUT2D eigenvalue weighted by Crippen LogP contribution is 2.34. The molecule has 6 nitrogen and oxygen atoms in total. The Morgan fingerprint density at radius 2 is 0.885 bits per heavy atom. The largest absolute Gasteiger partial charge is 0.507 e. The first-order valence-electron chi connectivity index (χ1n) is 8.09. The molecular formula is C20H26O6. The van der Waals surface area contributed by atoms with Gasteiger partial charge in [-0.3, -0.25) is 9.59 Å². The number of rotatable bonds is 3. The quantitative estimate of drug-likeness (QED) is 0.650. The van der Waals surface area contributed by atoms with Crippen molar-refractivity contribution in [1.29, 1.82) is 0 Å². The fourth-order valence-corrected chi connectivity index (χ4v) is 1.40. The van der Waals surface area contributed by atoms with Gasteiger partial charge in [0.25, 0.3) is 0 Å². The molecule has 0 aliphatic carbocycles. The molecule has 26 heavy (non-hydrogen) atoms.